The van der Waals surface area contributed by atoms with E-state index in [1.807, 2.05) is 6.20 Å². The van der Waals surface area contributed by atoms with E-state index >= 15 is 0 Å². The minimum atomic E-state index is 0.658. The Bertz CT molecular complexity index is 287. The molecule has 0 spiro atoms. The van der Waals surface area contributed by atoms with E-state index in [0.29, 0.717) is 6.04 Å². The summed E-state index contributed by atoms with van der Waals surface area (Å²) in [6.45, 7) is 0.772. The molecule has 0 aromatic carbocycles. The van der Waals surface area contributed by atoms with Gasteiger partial charge in [0, 0.05) is 6.20 Å². The van der Waals surface area contributed by atoms with Crippen molar-refractivity contribution in [3.63, 3.8) is 0 Å². The smallest absolute Gasteiger partial charge is 0.0521 e. The zero-order chi connectivity index (χ0) is 10.5. The Hall–Kier alpha value is -0.830. The van der Waals surface area contributed by atoms with Gasteiger partial charge in [0.05, 0.1) is 12.2 Å². The van der Waals surface area contributed by atoms with Gasteiger partial charge in [-0.25, -0.2) is 0 Å². The summed E-state index contributed by atoms with van der Waals surface area (Å²) in [4.78, 5) is 0. The lowest BCUT2D eigenvalue weighted by Gasteiger charge is -2.21. The van der Waals surface area contributed by atoms with E-state index < -0.39 is 0 Å². The summed E-state index contributed by atoms with van der Waals surface area (Å²) < 4.78 is 2.17. The first-order chi connectivity index (χ1) is 7.40. The molecule has 1 heterocycles. The molecule has 1 aliphatic rings. The number of aryl methyl sites for hydroxylation is 1. The fraction of sp³-hybridized carbons (Fsp3) is 0.750. The molecule has 0 radical (unpaired) electrons. The van der Waals surface area contributed by atoms with E-state index in [0.717, 1.165) is 19.4 Å². The topological polar surface area (TPSA) is 43.8 Å². The van der Waals surface area contributed by atoms with Gasteiger partial charge < -0.3 is 5.73 Å². The van der Waals surface area contributed by atoms with Crippen LogP contribution < -0.4 is 5.73 Å². The lowest BCUT2D eigenvalue weighted by atomic mass is 9.96. The van der Waals surface area contributed by atoms with Crippen molar-refractivity contribution < 1.29 is 0 Å². The summed E-state index contributed by atoms with van der Waals surface area (Å²) in [5.74, 6) is 0. The van der Waals surface area contributed by atoms with Gasteiger partial charge in [0.1, 0.15) is 0 Å². The average molecular weight is 207 g/mol. The Morgan fingerprint density at radius 1 is 1.33 bits per heavy atom. The maximum absolute atomic E-state index is 5.50. The summed E-state index contributed by atoms with van der Waals surface area (Å²) in [7, 11) is 0. The summed E-state index contributed by atoms with van der Waals surface area (Å²) in [5, 5.41) is 4.47. The van der Waals surface area contributed by atoms with Gasteiger partial charge >= 0.3 is 0 Å². The molecule has 0 bridgehead atoms. The van der Waals surface area contributed by atoms with Gasteiger partial charge in [0.25, 0.3) is 0 Å². The highest BCUT2D eigenvalue weighted by molar-refractivity contribution is 5.04. The molecular formula is C12H21N3. The molecule has 2 N–H and O–H groups in total. The molecule has 1 fully saturated rings. The third-order valence-corrected chi connectivity index (χ3v) is 3.27. The largest absolute Gasteiger partial charge is 0.330 e. The SMILES string of the molecule is NCCCc1cnn(C2CCCCC2)c1. The molecule has 1 aliphatic carbocycles. The Morgan fingerprint density at radius 3 is 2.87 bits per heavy atom. The molecule has 1 aromatic rings. The van der Waals surface area contributed by atoms with Gasteiger partial charge in [-0.2, -0.15) is 5.10 Å². The molecule has 1 aromatic heterocycles. The second-order valence-electron chi connectivity index (χ2n) is 4.51. The summed E-state index contributed by atoms with van der Waals surface area (Å²) in [5.41, 5.74) is 6.84. The van der Waals surface area contributed by atoms with Crippen LogP contribution in [-0.2, 0) is 6.42 Å². The average Bonchev–Trinajstić information content (AvgIpc) is 2.76. The number of hydrogen-bond donors (Lipinski definition) is 1. The first kappa shape index (κ1) is 10.7. The highest BCUT2D eigenvalue weighted by Crippen LogP contribution is 2.27. The zero-order valence-electron chi connectivity index (χ0n) is 9.36. The van der Waals surface area contributed by atoms with Crippen LogP contribution in [0.15, 0.2) is 12.4 Å². The Balaban J connectivity index is 1.93. The molecule has 2 rings (SSSR count). The van der Waals surface area contributed by atoms with Gasteiger partial charge in [0.2, 0.25) is 0 Å². The second kappa shape index (κ2) is 5.31. The minimum Gasteiger partial charge on any atom is -0.330 e. The summed E-state index contributed by atoms with van der Waals surface area (Å²) in [6.07, 6.45) is 13.1. The number of nitrogens with zero attached hydrogens (tertiary/aromatic N) is 2. The number of rotatable bonds is 4. The van der Waals surface area contributed by atoms with Crippen molar-refractivity contribution >= 4 is 0 Å². The third kappa shape index (κ3) is 2.81. The van der Waals surface area contributed by atoms with Gasteiger partial charge in [0.15, 0.2) is 0 Å². The van der Waals surface area contributed by atoms with Crippen molar-refractivity contribution in [2.24, 2.45) is 5.73 Å². The lowest BCUT2D eigenvalue weighted by molar-refractivity contribution is 0.329. The van der Waals surface area contributed by atoms with Gasteiger partial charge in [-0.05, 0) is 37.8 Å². The van der Waals surface area contributed by atoms with Gasteiger partial charge in [-0.3, -0.25) is 4.68 Å². The first-order valence-electron chi connectivity index (χ1n) is 6.13. The molecule has 3 nitrogen and oxygen atoms in total. The van der Waals surface area contributed by atoms with Crippen LogP contribution in [0.5, 0.6) is 0 Å². The quantitative estimate of drug-likeness (QED) is 0.823. The zero-order valence-corrected chi connectivity index (χ0v) is 9.36. The second-order valence-corrected chi connectivity index (χ2v) is 4.51. The maximum atomic E-state index is 5.50. The third-order valence-electron chi connectivity index (χ3n) is 3.27. The van der Waals surface area contributed by atoms with E-state index in [9.17, 15) is 0 Å². The number of aromatic nitrogens is 2. The van der Waals surface area contributed by atoms with Crippen LogP contribution in [0.1, 0.15) is 50.1 Å². The first-order valence-corrected chi connectivity index (χ1v) is 6.13. The Morgan fingerprint density at radius 2 is 2.13 bits per heavy atom. The van der Waals surface area contributed by atoms with Crippen LogP contribution in [0.3, 0.4) is 0 Å². The monoisotopic (exact) mass is 207 g/mol. The molecule has 15 heavy (non-hydrogen) atoms. The van der Waals surface area contributed by atoms with E-state index in [-0.39, 0.29) is 0 Å². The highest BCUT2D eigenvalue weighted by Gasteiger charge is 2.15. The van der Waals surface area contributed by atoms with E-state index in [1.54, 1.807) is 0 Å². The van der Waals surface area contributed by atoms with E-state index in [4.69, 9.17) is 5.73 Å². The van der Waals surface area contributed by atoms with E-state index in [2.05, 4.69) is 16.0 Å². The van der Waals surface area contributed by atoms with Crippen molar-refractivity contribution in [1.29, 1.82) is 0 Å². The van der Waals surface area contributed by atoms with Crippen molar-refractivity contribution in [2.45, 2.75) is 51.0 Å². The van der Waals surface area contributed by atoms with Gasteiger partial charge in [-0.1, -0.05) is 19.3 Å². The molecule has 0 aliphatic heterocycles. The molecule has 0 amide bonds. The molecule has 0 saturated heterocycles. The fourth-order valence-electron chi connectivity index (χ4n) is 2.36. The van der Waals surface area contributed by atoms with Crippen LogP contribution in [0.25, 0.3) is 0 Å². The molecular weight excluding hydrogens is 186 g/mol. The molecule has 1 saturated carbocycles. The fourth-order valence-corrected chi connectivity index (χ4v) is 2.36. The van der Waals surface area contributed by atoms with Crippen LogP contribution in [0, 0.1) is 0 Å². The molecule has 84 valence electrons. The van der Waals surface area contributed by atoms with Crippen molar-refractivity contribution in [2.75, 3.05) is 6.54 Å². The predicted molar refractivity (Wildman–Crippen MR) is 61.7 cm³/mol. The van der Waals surface area contributed by atoms with Crippen LogP contribution in [0.4, 0.5) is 0 Å². The van der Waals surface area contributed by atoms with Crippen LogP contribution in [0.2, 0.25) is 0 Å². The number of hydrogen-bond acceptors (Lipinski definition) is 2. The number of nitrogens with two attached hydrogens (primary N) is 1. The lowest BCUT2D eigenvalue weighted by Crippen LogP contribution is -2.12. The van der Waals surface area contributed by atoms with Crippen molar-refractivity contribution in [1.82, 2.24) is 9.78 Å². The Labute approximate surface area is 91.7 Å². The summed E-state index contributed by atoms with van der Waals surface area (Å²) >= 11 is 0. The molecule has 0 unspecified atom stereocenters. The van der Waals surface area contributed by atoms with Crippen molar-refractivity contribution in [3.05, 3.63) is 18.0 Å². The van der Waals surface area contributed by atoms with Crippen molar-refractivity contribution in [3.8, 4) is 0 Å². The van der Waals surface area contributed by atoms with Crippen LogP contribution >= 0.6 is 0 Å². The standard InChI is InChI=1S/C12H21N3/c13-8-4-5-11-9-14-15(10-11)12-6-2-1-3-7-12/h9-10,12H,1-8,13H2. The maximum Gasteiger partial charge on any atom is 0.0521 e. The molecule has 0 atom stereocenters. The molecule has 3 heteroatoms. The highest BCUT2D eigenvalue weighted by atomic mass is 15.3. The normalized spacial score (nSPS) is 18.2. The summed E-state index contributed by atoms with van der Waals surface area (Å²) in [6, 6.07) is 0.658. The minimum absolute atomic E-state index is 0.658. The van der Waals surface area contributed by atoms with E-state index in [1.165, 1.54) is 37.7 Å². The van der Waals surface area contributed by atoms with Gasteiger partial charge in [-0.15, -0.1) is 0 Å². The van der Waals surface area contributed by atoms with Crippen LogP contribution in [-0.4, -0.2) is 16.3 Å². The Kier molecular flexibility index (Phi) is 3.78. The predicted octanol–water partition coefficient (Wildman–Crippen LogP) is 2.28.